The first-order valence-corrected chi connectivity index (χ1v) is 28.0. The molecule has 0 saturated heterocycles. The minimum absolute atomic E-state index is 1.29. The Labute approximate surface area is 483 Å². The van der Waals surface area contributed by atoms with E-state index in [0.29, 0.717) is 0 Å². The molecule has 0 fully saturated rings. The normalized spacial score (nSPS) is 9.88. The van der Waals surface area contributed by atoms with E-state index in [1.165, 1.54) is 122 Å². The maximum Gasteiger partial charge on any atom is -0.0155 e. The lowest BCUT2D eigenvalue weighted by Crippen LogP contribution is -1.82. The molecule has 0 aromatic heterocycles. The molecule has 0 bridgehead atoms. The Balaban J connectivity index is 0.000000174. The lowest BCUT2D eigenvalue weighted by molar-refractivity contribution is 1.34. The Morgan fingerprint density at radius 3 is 0.637 bits per heavy atom. The second kappa shape index (κ2) is 33.0. The number of aryl methyl sites for hydroxylation is 14. The Morgan fingerprint density at radius 1 is 0.138 bits per heavy atom. The van der Waals surface area contributed by atoms with Gasteiger partial charge >= 0.3 is 0 Å². The molecule has 11 aromatic rings. The van der Waals surface area contributed by atoms with Gasteiger partial charge in [0.25, 0.3) is 0 Å². The molecule has 0 spiro atoms. The predicted molar refractivity (Wildman–Crippen MR) is 353 cm³/mol. The van der Waals surface area contributed by atoms with Gasteiger partial charge < -0.3 is 0 Å². The molecule has 11 rings (SSSR count). The summed E-state index contributed by atoms with van der Waals surface area (Å²) in [5.41, 5.74) is 29.0. The van der Waals surface area contributed by atoms with E-state index in [-0.39, 0.29) is 0 Å². The van der Waals surface area contributed by atoms with E-state index in [4.69, 9.17) is 0 Å². The predicted octanol–water partition coefficient (Wildman–Crippen LogP) is 22.8. The van der Waals surface area contributed by atoms with Gasteiger partial charge in [0.1, 0.15) is 0 Å². The summed E-state index contributed by atoms with van der Waals surface area (Å²) in [5, 5.41) is 0. The highest BCUT2D eigenvalue weighted by atomic mass is 14.1. The fourth-order valence-corrected chi connectivity index (χ4v) is 8.53. The van der Waals surface area contributed by atoms with Gasteiger partial charge in [-0.2, -0.15) is 0 Å². The van der Waals surface area contributed by atoms with Crippen LogP contribution in [0.2, 0.25) is 0 Å². The van der Waals surface area contributed by atoms with Crippen LogP contribution in [0.4, 0.5) is 0 Å². The standard InChI is InChI=1S/4C14H14.3C8H10/c1-11-3-7-13(8-4-11)14-9-5-12(2)6-10-14;1-11-5-3-7-13(9-11)14-8-4-6-12(2)10-14;1-11-6-5-8-13(10-11)14-9-4-3-7-12(14)2;1-11-6-8-13(9-7-11)14-5-3-4-12(2)10-14;1-7-3-5-8(2)6-4-7;1-7-4-3-5-8(2)6-7;1-7-5-3-4-6-8(7)2/h4*3-10H,1-2H3;3*3-6H,1-2H3. The SMILES string of the molecule is Cc1ccc(-c2ccc(C)cc2)cc1.Cc1ccc(-c2cccc(C)c2)cc1.Cc1ccc(C)cc1.Cc1cccc(-c2cccc(C)c2)c1.Cc1cccc(-c2ccccc2C)c1.Cc1cccc(C)c1.Cc1ccccc1C. The second-order valence-corrected chi connectivity index (χ2v) is 21.3. The van der Waals surface area contributed by atoms with Gasteiger partial charge in [-0.25, -0.2) is 0 Å². The lowest BCUT2D eigenvalue weighted by atomic mass is 9.99. The van der Waals surface area contributed by atoms with Crippen molar-refractivity contribution in [3.63, 3.8) is 0 Å². The zero-order valence-corrected chi connectivity index (χ0v) is 50.4. The number of hydrogen-bond donors (Lipinski definition) is 0. The fourth-order valence-electron chi connectivity index (χ4n) is 8.53. The molecule has 0 aliphatic rings. The number of rotatable bonds is 4. The van der Waals surface area contributed by atoms with Crippen LogP contribution in [-0.4, -0.2) is 0 Å². The van der Waals surface area contributed by atoms with Crippen molar-refractivity contribution < 1.29 is 0 Å². The summed E-state index contributed by atoms with van der Waals surface area (Å²) in [6, 6.07) is 94.1. The van der Waals surface area contributed by atoms with Gasteiger partial charge in [-0.3, -0.25) is 0 Å². The highest BCUT2D eigenvalue weighted by Crippen LogP contribution is 2.25. The van der Waals surface area contributed by atoms with Crippen LogP contribution in [0.5, 0.6) is 0 Å². The number of hydrogen-bond acceptors (Lipinski definition) is 0. The van der Waals surface area contributed by atoms with Gasteiger partial charge in [0.05, 0.1) is 0 Å². The summed E-state index contributed by atoms with van der Waals surface area (Å²) in [7, 11) is 0. The summed E-state index contributed by atoms with van der Waals surface area (Å²) in [6.45, 7) is 29.6. The van der Waals surface area contributed by atoms with Crippen LogP contribution in [0.3, 0.4) is 0 Å². The van der Waals surface area contributed by atoms with Gasteiger partial charge in [-0.05, 0) is 158 Å². The van der Waals surface area contributed by atoms with Crippen LogP contribution >= 0.6 is 0 Å². The molecule has 0 amide bonds. The molecule has 0 saturated carbocycles. The van der Waals surface area contributed by atoms with Crippen LogP contribution in [0.25, 0.3) is 44.5 Å². The minimum Gasteiger partial charge on any atom is -0.0620 e. The molecule has 11 aromatic carbocycles. The molecule has 406 valence electrons. The summed E-state index contributed by atoms with van der Waals surface area (Å²) in [6.07, 6.45) is 0. The summed E-state index contributed by atoms with van der Waals surface area (Å²) in [5.74, 6) is 0. The monoisotopic (exact) mass is 1050 g/mol. The first kappa shape index (κ1) is 62.3. The van der Waals surface area contributed by atoms with Gasteiger partial charge in [-0.1, -0.05) is 328 Å². The summed E-state index contributed by atoms with van der Waals surface area (Å²) < 4.78 is 0. The average molecular weight is 1050 g/mol. The molecule has 0 aliphatic carbocycles. The topological polar surface area (TPSA) is 0 Å². The Morgan fingerprint density at radius 2 is 0.362 bits per heavy atom. The minimum atomic E-state index is 1.29. The molecule has 0 nitrogen and oxygen atoms in total. The van der Waals surface area contributed by atoms with Crippen molar-refractivity contribution in [2.75, 3.05) is 0 Å². The highest BCUT2D eigenvalue weighted by molar-refractivity contribution is 5.68. The highest BCUT2D eigenvalue weighted by Gasteiger charge is 2.01. The third-order valence-electron chi connectivity index (χ3n) is 13.5. The van der Waals surface area contributed by atoms with Crippen LogP contribution in [0.15, 0.2) is 267 Å². The smallest absolute Gasteiger partial charge is 0.0155 e. The molecule has 0 unspecified atom stereocenters. The molecule has 80 heavy (non-hydrogen) atoms. The van der Waals surface area contributed by atoms with E-state index in [0.717, 1.165) is 0 Å². The van der Waals surface area contributed by atoms with Crippen LogP contribution in [0.1, 0.15) is 77.9 Å². The third-order valence-corrected chi connectivity index (χ3v) is 13.5. The Bertz CT molecular complexity index is 3390. The fraction of sp³-hybridized carbons (Fsp3) is 0.175. The van der Waals surface area contributed by atoms with Gasteiger partial charge in [0, 0.05) is 0 Å². The van der Waals surface area contributed by atoms with Crippen molar-refractivity contribution in [1.82, 2.24) is 0 Å². The summed E-state index contributed by atoms with van der Waals surface area (Å²) >= 11 is 0. The second-order valence-electron chi connectivity index (χ2n) is 21.3. The van der Waals surface area contributed by atoms with E-state index >= 15 is 0 Å². The largest absolute Gasteiger partial charge is 0.0620 e. The first-order chi connectivity index (χ1) is 38.4. The molecular weight excluding hydrogens is 961 g/mol. The van der Waals surface area contributed by atoms with Crippen molar-refractivity contribution in [2.45, 2.75) is 96.9 Å². The Kier molecular flexibility index (Phi) is 25.7. The summed E-state index contributed by atoms with van der Waals surface area (Å²) in [4.78, 5) is 0. The first-order valence-electron chi connectivity index (χ1n) is 28.0. The lowest BCUT2D eigenvalue weighted by Gasteiger charge is -2.05. The van der Waals surface area contributed by atoms with Crippen molar-refractivity contribution >= 4 is 0 Å². The number of benzene rings is 11. The quantitative estimate of drug-likeness (QED) is 0.165. The van der Waals surface area contributed by atoms with E-state index in [1.54, 1.807) is 0 Å². The Hall–Kier alpha value is -8.58. The van der Waals surface area contributed by atoms with Crippen LogP contribution in [0, 0.1) is 96.9 Å². The van der Waals surface area contributed by atoms with Crippen LogP contribution in [-0.2, 0) is 0 Å². The third kappa shape index (κ3) is 22.8. The van der Waals surface area contributed by atoms with Crippen molar-refractivity contribution in [3.8, 4) is 44.5 Å². The van der Waals surface area contributed by atoms with Gasteiger partial charge in [0.15, 0.2) is 0 Å². The maximum absolute atomic E-state index is 2.22. The van der Waals surface area contributed by atoms with Crippen molar-refractivity contribution in [2.24, 2.45) is 0 Å². The van der Waals surface area contributed by atoms with Crippen molar-refractivity contribution in [3.05, 3.63) is 345 Å². The molecule has 0 radical (unpaired) electrons. The van der Waals surface area contributed by atoms with Gasteiger partial charge in [0.2, 0.25) is 0 Å². The zero-order valence-electron chi connectivity index (χ0n) is 50.4. The van der Waals surface area contributed by atoms with Gasteiger partial charge in [-0.15, -0.1) is 0 Å². The molecule has 0 atom stereocenters. The van der Waals surface area contributed by atoms with E-state index in [9.17, 15) is 0 Å². The zero-order chi connectivity index (χ0) is 57.8. The molecule has 0 aliphatic heterocycles. The molecular formula is C80H86. The molecule has 0 heterocycles. The maximum atomic E-state index is 2.22. The molecule has 0 heteroatoms. The molecule has 0 N–H and O–H groups in total. The van der Waals surface area contributed by atoms with E-state index in [2.05, 4.69) is 364 Å². The van der Waals surface area contributed by atoms with Crippen molar-refractivity contribution in [1.29, 1.82) is 0 Å². The van der Waals surface area contributed by atoms with E-state index in [1.807, 2.05) is 0 Å². The average Bonchev–Trinajstić information content (AvgIpc) is 3.45. The van der Waals surface area contributed by atoms with Crippen LogP contribution < -0.4 is 0 Å². The van der Waals surface area contributed by atoms with E-state index < -0.39 is 0 Å².